The fourth-order valence-electron chi connectivity index (χ4n) is 11.5. The normalized spacial score (nSPS) is 37.8. The summed E-state index contributed by atoms with van der Waals surface area (Å²) >= 11 is 0. The third kappa shape index (κ3) is 11.4. The maximum absolute atomic E-state index is 14.5. The number of hydrogen-bond acceptors (Lipinski definition) is 12. The lowest BCUT2D eigenvalue weighted by Crippen LogP contribution is -2.64. The number of fused-ring (bicyclic) bond motifs is 4. The van der Waals surface area contributed by atoms with E-state index in [1.165, 1.54) is 37.5 Å². The van der Waals surface area contributed by atoms with Crippen molar-refractivity contribution in [2.24, 2.45) is 29.6 Å². The van der Waals surface area contributed by atoms with E-state index in [1.54, 1.807) is 13.8 Å². The Balaban J connectivity index is 1.15. The molecule has 370 valence electrons. The molecular weight excluding hydrogens is 855 g/mol. The number of anilines is 1. The van der Waals surface area contributed by atoms with Gasteiger partial charge in [0.25, 0.3) is 11.7 Å². The Morgan fingerprint density at radius 3 is 2.34 bits per heavy atom. The Hall–Kier alpha value is -3.92. The van der Waals surface area contributed by atoms with Crippen LogP contribution in [-0.2, 0) is 38.1 Å². The van der Waals surface area contributed by atoms with Crippen LogP contribution in [0.3, 0.4) is 0 Å². The van der Waals surface area contributed by atoms with Crippen molar-refractivity contribution in [1.29, 1.82) is 0 Å². The van der Waals surface area contributed by atoms with E-state index in [-0.39, 0.29) is 49.5 Å². The molecule has 2 saturated heterocycles. The van der Waals surface area contributed by atoms with E-state index in [2.05, 4.69) is 47.3 Å². The van der Waals surface area contributed by atoms with Gasteiger partial charge in [0.2, 0.25) is 5.79 Å². The SMILES string of the molecule is CCC1/C=C(\C)CC(C)CC(OC)C2OC(O)(C(=O)C(=O)N3CCCCC3C(=O)OC(C(C)=CC3CCC(Nc4ccc5c(ccn5C5CC5)c4)C(O)C3)C(C)C(O)CC1=O)C(C)CC2OC. The first-order valence-corrected chi connectivity index (χ1v) is 25.1. The number of carbonyl (C=O) groups is 4. The summed E-state index contributed by atoms with van der Waals surface area (Å²) in [4.78, 5) is 58.4. The number of piperidine rings is 1. The van der Waals surface area contributed by atoms with E-state index in [9.17, 15) is 34.5 Å². The number of allylic oxidation sites excluding steroid dienone is 3. The fourth-order valence-corrected chi connectivity index (χ4v) is 11.5. The van der Waals surface area contributed by atoms with Gasteiger partial charge in [0.05, 0.1) is 30.5 Å². The standard InChI is InChI=1S/C53H77N3O11/c1-9-36-23-30(2)22-31(3)24-46(64-7)49-47(65-8)26-33(5)53(63,67-49)50(60)51(61)56-20-11-10-12-42(56)52(62)66-48(34(6)43(57)29-44(36)58)32(4)25-35-13-17-40(45(59)27-35)54-38-14-18-41-37(28-38)19-21-55(41)39-15-16-39/h14,18-19,21,23,25,28,31,33-36,39-40,42-43,45-49,54,57,59,63H,9-13,15-17,20,22,24,26-27,29H2,1-8H3/b30-23+,32-25?. The van der Waals surface area contributed by atoms with Crippen molar-refractivity contribution in [2.45, 2.75) is 186 Å². The second kappa shape index (κ2) is 21.8. The smallest absolute Gasteiger partial charge is 0.329 e. The molecule has 14 heteroatoms. The fraction of sp³-hybridized carbons (Fsp3) is 0.698. The molecule has 4 N–H and O–H groups in total. The van der Waals surface area contributed by atoms with Crippen LogP contribution in [0.25, 0.3) is 10.9 Å². The number of nitrogens with zero attached hydrogens (tertiary/aromatic N) is 2. The van der Waals surface area contributed by atoms with Crippen LogP contribution < -0.4 is 5.32 Å². The molecule has 67 heavy (non-hydrogen) atoms. The highest BCUT2D eigenvalue weighted by Gasteiger charge is 2.56. The third-order valence-electron chi connectivity index (χ3n) is 15.7. The highest BCUT2D eigenvalue weighted by atomic mass is 16.7. The minimum Gasteiger partial charge on any atom is -0.456 e. The Bertz CT molecular complexity index is 2150. The Labute approximate surface area is 396 Å². The number of Topliss-reactive ketones (excluding diaryl/α,β-unsaturated/α-hetero) is 2. The largest absolute Gasteiger partial charge is 0.456 e. The maximum atomic E-state index is 14.5. The second-order valence-corrected chi connectivity index (χ2v) is 20.9. The number of carbonyl (C=O) groups excluding carboxylic acids is 4. The summed E-state index contributed by atoms with van der Waals surface area (Å²) in [5.41, 5.74) is 3.83. The lowest BCUT2D eigenvalue weighted by atomic mass is 9.81. The molecule has 1 aromatic heterocycles. The van der Waals surface area contributed by atoms with Crippen molar-refractivity contribution >= 4 is 40.0 Å². The zero-order valence-electron chi connectivity index (χ0n) is 41.0. The predicted molar refractivity (Wildman–Crippen MR) is 255 cm³/mol. The van der Waals surface area contributed by atoms with Gasteiger partial charge in [-0.1, -0.05) is 45.4 Å². The Kier molecular flexibility index (Phi) is 16.6. The van der Waals surface area contributed by atoms with Crippen molar-refractivity contribution in [3.8, 4) is 0 Å². The van der Waals surface area contributed by atoms with Gasteiger partial charge in [0.15, 0.2) is 0 Å². The molecule has 2 bridgehead atoms. The number of aliphatic hydroxyl groups excluding tert-OH is 2. The van der Waals surface area contributed by atoms with Gasteiger partial charge in [-0.3, -0.25) is 14.4 Å². The number of cyclic esters (lactones) is 1. The van der Waals surface area contributed by atoms with Crippen LogP contribution in [0.1, 0.15) is 131 Å². The molecule has 5 aliphatic rings. The van der Waals surface area contributed by atoms with Gasteiger partial charge < -0.3 is 49.1 Å². The summed E-state index contributed by atoms with van der Waals surface area (Å²) in [5.74, 6) is -7.63. The maximum Gasteiger partial charge on any atom is 0.329 e. The number of nitrogens with one attached hydrogen (secondary N) is 1. The number of benzene rings is 1. The molecule has 2 aliphatic carbocycles. The van der Waals surface area contributed by atoms with E-state index in [0.29, 0.717) is 56.6 Å². The number of amides is 1. The van der Waals surface area contributed by atoms with Gasteiger partial charge in [-0.15, -0.1) is 0 Å². The summed E-state index contributed by atoms with van der Waals surface area (Å²) in [6, 6.07) is 7.78. The van der Waals surface area contributed by atoms with E-state index >= 15 is 0 Å². The van der Waals surface area contributed by atoms with Gasteiger partial charge in [-0.05, 0) is 133 Å². The van der Waals surface area contributed by atoms with Gasteiger partial charge in [-0.25, -0.2) is 4.79 Å². The molecule has 4 fully saturated rings. The molecule has 2 aromatic rings. The minimum atomic E-state index is -2.51. The van der Waals surface area contributed by atoms with Crippen LogP contribution in [0.4, 0.5) is 5.69 Å². The molecular formula is C53H77N3O11. The number of hydrogen-bond donors (Lipinski definition) is 4. The molecule has 14 atom stereocenters. The molecule has 4 heterocycles. The molecule has 14 nitrogen and oxygen atoms in total. The molecule has 0 spiro atoms. The Morgan fingerprint density at radius 1 is 0.925 bits per heavy atom. The van der Waals surface area contributed by atoms with E-state index in [1.807, 2.05) is 32.9 Å². The van der Waals surface area contributed by atoms with Gasteiger partial charge in [0, 0.05) is 73.8 Å². The number of aliphatic hydroxyl groups is 3. The van der Waals surface area contributed by atoms with Crippen LogP contribution in [0.5, 0.6) is 0 Å². The number of ketones is 2. The van der Waals surface area contributed by atoms with E-state index in [0.717, 1.165) is 23.1 Å². The second-order valence-electron chi connectivity index (χ2n) is 20.9. The number of rotatable bonds is 8. The van der Waals surface area contributed by atoms with Gasteiger partial charge in [0.1, 0.15) is 24.0 Å². The van der Waals surface area contributed by atoms with Crippen LogP contribution in [0.15, 0.2) is 53.8 Å². The van der Waals surface area contributed by atoms with Gasteiger partial charge >= 0.3 is 5.97 Å². The van der Waals surface area contributed by atoms with E-state index in [4.69, 9.17) is 18.9 Å². The lowest BCUT2D eigenvalue weighted by Gasteiger charge is -2.47. The van der Waals surface area contributed by atoms with Crippen LogP contribution in [-0.4, -0.2) is 123 Å². The number of ether oxygens (including phenoxy) is 4. The summed E-state index contributed by atoms with van der Waals surface area (Å²) in [6.45, 7) is 11.3. The highest BCUT2D eigenvalue weighted by molar-refractivity contribution is 6.39. The molecule has 2 saturated carbocycles. The third-order valence-corrected chi connectivity index (χ3v) is 15.7. The van der Waals surface area contributed by atoms with Crippen molar-refractivity contribution in [3.63, 3.8) is 0 Å². The van der Waals surface area contributed by atoms with Crippen LogP contribution >= 0.6 is 0 Å². The topological polar surface area (TPSA) is 186 Å². The molecule has 3 aliphatic heterocycles. The summed E-state index contributed by atoms with van der Waals surface area (Å²) < 4.78 is 26.8. The molecule has 1 amide bonds. The first-order chi connectivity index (χ1) is 32.0. The first-order valence-electron chi connectivity index (χ1n) is 25.1. The first kappa shape index (κ1) is 50.9. The number of methoxy groups -OCH3 is 2. The zero-order valence-corrected chi connectivity index (χ0v) is 41.0. The Morgan fingerprint density at radius 2 is 1.66 bits per heavy atom. The van der Waals surface area contributed by atoms with Crippen molar-refractivity contribution in [2.75, 3.05) is 26.1 Å². The average Bonchev–Trinajstić information content (AvgIpc) is 4.07. The summed E-state index contributed by atoms with van der Waals surface area (Å²) in [7, 11) is 3.08. The number of aromatic nitrogens is 1. The van der Waals surface area contributed by atoms with Gasteiger partial charge in [-0.2, -0.15) is 0 Å². The molecule has 7 rings (SSSR count). The minimum absolute atomic E-state index is 0.0278. The molecule has 14 unspecified atom stereocenters. The van der Waals surface area contributed by atoms with Crippen molar-refractivity contribution in [3.05, 3.63) is 53.8 Å². The quantitative estimate of drug-likeness (QED) is 0.119. The molecule has 1 aromatic carbocycles. The van der Waals surface area contributed by atoms with Crippen LogP contribution in [0, 0.1) is 29.6 Å². The van der Waals surface area contributed by atoms with Crippen molar-refractivity contribution in [1.82, 2.24) is 9.47 Å². The monoisotopic (exact) mass is 932 g/mol. The van der Waals surface area contributed by atoms with Crippen LogP contribution in [0.2, 0.25) is 0 Å². The average molecular weight is 932 g/mol. The summed E-state index contributed by atoms with van der Waals surface area (Å²) in [5, 5.41) is 40.2. The van der Waals surface area contributed by atoms with Crippen molar-refractivity contribution < 1.29 is 53.4 Å². The predicted octanol–water partition coefficient (Wildman–Crippen LogP) is 7.23. The highest BCUT2D eigenvalue weighted by Crippen LogP contribution is 2.41. The zero-order chi connectivity index (χ0) is 48.3. The summed E-state index contributed by atoms with van der Waals surface area (Å²) in [6.07, 6.45) is 8.61. The lowest BCUT2D eigenvalue weighted by molar-refractivity contribution is -0.302. The number of esters is 1. The molecule has 0 radical (unpaired) electrons. The van der Waals surface area contributed by atoms with E-state index < -0.39 is 83.9 Å².